The number of nitrogens with zero attached hydrogens (tertiary/aromatic N) is 1. The van der Waals surface area contributed by atoms with Gasteiger partial charge >= 0.3 is 0 Å². The lowest BCUT2D eigenvalue weighted by molar-refractivity contribution is -0.137. The summed E-state index contributed by atoms with van der Waals surface area (Å²) in [6.07, 6.45) is 1.26. The number of β-amino-alcohol motifs (C(OH)–C–C–N with tert-alkyl or cyclic N) is 1. The van der Waals surface area contributed by atoms with Crippen LogP contribution in [0, 0.1) is 6.92 Å². The van der Waals surface area contributed by atoms with E-state index in [1.165, 1.54) is 11.6 Å². The van der Waals surface area contributed by atoms with Crippen molar-refractivity contribution in [2.45, 2.75) is 6.92 Å². The molecule has 5 nitrogen and oxygen atoms in total. The van der Waals surface area contributed by atoms with Crippen molar-refractivity contribution >= 4 is 17.5 Å². The first-order chi connectivity index (χ1) is 11.6. The number of aliphatic hydroxyl groups is 1. The van der Waals surface area contributed by atoms with Gasteiger partial charge in [-0.1, -0.05) is 42.0 Å². The lowest BCUT2D eigenvalue weighted by Gasteiger charge is -2.13. The van der Waals surface area contributed by atoms with Crippen molar-refractivity contribution in [2.75, 3.05) is 18.5 Å². The molecule has 0 aliphatic carbocycles. The van der Waals surface area contributed by atoms with Gasteiger partial charge in [-0.15, -0.1) is 0 Å². The largest absolute Gasteiger partial charge is 0.395 e. The third kappa shape index (κ3) is 3.21. The second kappa shape index (κ2) is 6.68. The van der Waals surface area contributed by atoms with Gasteiger partial charge in [0.05, 0.1) is 13.2 Å². The summed E-state index contributed by atoms with van der Waals surface area (Å²) in [5, 5.41) is 11.9. The van der Waals surface area contributed by atoms with E-state index in [0.717, 1.165) is 21.7 Å². The normalized spacial score (nSPS) is 14.1. The van der Waals surface area contributed by atoms with Crippen LogP contribution in [-0.2, 0) is 9.59 Å². The van der Waals surface area contributed by atoms with Crippen molar-refractivity contribution in [3.05, 3.63) is 65.9 Å². The number of hydrogen-bond acceptors (Lipinski definition) is 4. The van der Waals surface area contributed by atoms with Crippen molar-refractivity contribution in [3.8, 4) is 11.1 Å². The summed E-state index contributed by atoms with van der Waals surface area (Å²) >= 11 is 0. The van der Waals surface area contributed by atoms with Crippen LogP contribution in [0.4, 0.5) is 5.69 Å². The SMILES string of the molecule is Cc1ccc(-c2ccc(NC3=CC(=O)N(CCO)C3=O)cc2)cc1. The zero-order valence-corrected chi connectivity index (χ0v) is 13.3. The smallest absolute Gasteiger partial charge is 0.277 e. The topological polar surface area (TPSA) is 69.6 Å². The quantitative estimate of drug-likeness (QED) is 0.829. The molecular formula is C19H18N2O3. The van der Waals surface area contributed by atoms with Gasteiger partial charge in [0.1, 0.15) is 5.70 Å². The molecule has 0 atom stereocenters. The van der Waals surface area contributed by atoms with E-state index < -0.39 is 11.8 Å². The van der Waals surface area contributed by atoms with Gasteiger partial charge in [-0.25, -0.2) is 0 Å². The number of amides is 2. The Morgan fingerprint density at radius 1 is 0.958 bits per heavy atom. The first-order valence-electron chi connectivity index (χ1n) is 7.71. The molecule has 0 bridgehead atoms. The Balaban J connectivity index is 1.73. The molecule has 0 saturated heterocycles. The van der Waals surface area contributed by atoms with Crippen LogP contribution in [-0.4, -0.2) is 35.0 Å². The van der Waals surface area contributed by atoms with E-state index in [-0.39, 0.29) is 18.8 Å². The number of anilines is 1. The first kappa shape index (κ1) is 16.0. The Morgan fingerprint density at radius 2 is 1.54 bits per heavy atom. The fraction of sp³-hybridized carbons (Fsp3) is 0.158. The Kier molecular flexibility index (Phi) is 4.44. The Morgan fingerprint density at radius 3 is 2.12 bits per heavy atom. The number of rotatable bonds is 5. The van der Waals surface area contributed by atoms with Crippen LogP contribution in [0.2, 0.25) is 0 Å². The summed E-state index contributed by atoms with van der Waals surface area (Å²) < 4.78 is 0. The van der Waals surface area contributed by atoms with Gasteiger partial charge in [0.15, 0.2) is 0 Å². The fourth-order valence-electron chi connectivity index (χ4n) is 2.56. The van der Waals surface area contributed by atoms with Gasteiger partial charge in [0.25, 0.3) is 11.8 Å². The van der Waals surface area contributed by atoms with Crippen LogP contribution >= 0.6 is 0 Å². The standard InChI is InChI=1S/C19H18N2O3/c1-13-2-4-14(5-3-13)15-6-8-16(9-7-15)20-17-12-18(23)21(10-11-22)19(17)24/h2-9,12,20,22H,10-11H2,1H3. The molecule has 5 heteroatoms. The Bertz CT molecular complexity index is 792. The van der Waals surface area contributed by atoms with E-state index in [9.17, 15) is 9.59 Å². The molecule has 0 spiro atoms. The highest BCUT2D eigenvalue weighted by atomic mass is 16.3. The van der Waals surface area contributed by atoms with Crippen LogP contribution in [0.1, 0.15) is 5.56 Å². The van der Waals surface area contributed by atoms with Crippen molar-refractivity contribution in [1.29, 1.82) is 0 Å². The molecule has 0 unspecified atom stereocenters. The van der Waals surface area contributed by atoms with Gasteiger partial charge in [0.2, 0.25) is 0 Å². The van der Waals surface area contributed by atoms with Gasteiger partial charge in [-0.2, -0.15) is 0 Å². The third-order valence-corrected chi connectivity index (χ3v) is 3.88. The highest BCUT2D eigenvalue weighted by Gasteiger charge is 2.30. The number of aliphatic hydroxyl groups excluding tert-OH is 1. The van der Waals surface area contributed by atoms with Crippen LogP contribution in [0.3, 0.4) is 0 Å². The average molecular weight is 322 g/mol. The van der Waals surface area contributed by atoms with E-state index in [1.807, 2.05) is 31.2 Å². The van der Waals surface area contributed by atoms with E-state index in [0.29, 0.717) is 0 Å². The van der Waals surface area contributed by atoms with Crippen molar-refractivity contribution < 1.29 is 14.7 Å². The molecule has 2 aromatic rings. The third-order valence-electron chi connectivity index (χ3n) is 3.88. The predicted octanol–water partition coefficient (Wildman–Crippen LogP) is 2.32. The summed E-state index contributed by atoms with van der Waals surface area (Å²) in [5.74, 6) is -0.829. The molecule has 3 rings (SSSR count). The molecule has 0 fully saturated rings. The molecule has 1 aliphatic rings. The second-order valence-corrected chi connectivity index (χ2v) is 5.65. The van der Waals surface area contributed by atoms with Gasteiger partial charge < -0.3 is 10.4 Å². The van der Waals surface area contributed by atoms with Gasteiger partial charge in [-0.3, -0.25) is 14.5 Å². The zero-order valence-electron chi connectivity index (χ0n) is 13.3. The number of aryl methyl sites for hydroxylation is 1. The van der Waals surface area contributed by atoms with E-state index in [2.05, 4.69) is 29.6 Å². The lowest BCUT2D eigenvalue weighted by atomic mass is 10.0. The molecule has 2 aromatic carbocycles. The molecule has 2 N–H and O–H groups in total. The predicted molar refractivity (Wildman–Crippen MR) is 92.1 cm³/mol. The van der Waals surface area contributed by atoms with Crippen molar-refractivity contribution in [3.63, 3.8) is 0 Å². The minimum Gasteiger partial charge on any atom is -0.395 e. The molecule has 0 radical (unpaired) electrons. The Labute approximate surface area is 140 Å². The van der Waals surface area contributed by atoms with E-state index in [4.69, 9.17) is 5.11 Å². The van der Waals surface area contributed by atoms with E-state index in [1.54, 1.807) is 0 Å². The van der Waals surface area contributed by atoms with E-state index >= 15 is 0 Å². The minimum atomic E-state index is -0.420. The summed E-state index contributed by atoms with van der Waals surface area (Å²) in [6.45, 7) is 1.81. The molecule has 0 aromatic heterocycles. The number of nitrogens with one attached hydrogen (secondary N) is 1. The molecule has 122 valence electrons. The number of carbonyl (C=O) groups is 2. The van der Waals surface area contributed by atoms with Crippen molar-refractivity contribution in [1.82, 2.24) is 4.90 Å². The monoisotopic (exact) mass is 322 g/mol. The number of carbonyl (C=O) groups excluding carboxylic acids is 2. The van der Waals surface area contributed by atoms with Gasteiger partial charge in [0, 0.05) is 11.8 Å². The molecule has 24 heavy (non-hydrogen) atoms. The first-order valence-corrected chi connectivity index (χ1v) is 7.71. The summed E-state index contributed by atoms with van der Waals surface area (Å²) in [5.41, 5.74) is 4.35. The molecule has 0 saturated carbocycles. The summed E-state index contributed by atoms with van der Waals surface area (Å²) in [7, 11) is 0. The molecule has 1 heterocycles. The average Bonchev–Trinajstić information content (AvgIpc) is 2.84. The maximum absolute atomic E-state index is 12.1. The summed E-state index contributed by atoms with van der Waals surface area (Å²) in [4.78, 5) is 24.8. The Hall–Kier alpha value is -2.92. The van der Waals surface area contributed by atoms with Gasteiger partial charge in [-0.05, 0) is 30.2 Å². The van der Waals surface area contributed by atoms with Crippen molar-refractivity contribution in [2.24, 2.45) is 0 Å². The maximum Gasteiger partial charge on any atom is 0.277 e. The lowest BCUT2D eigenvalue weighted by Crippen LogP contribution is -2.34. The minimum absolute atomic E-state index is 0.00566. The number of imide groups is 1. The van der Waals surface area contributed by atoms with Crippen LogP contribution in [0.15, 0.2) is 60.3 Å². The fourth-order valence-corrected chi connectivity index (χ4v) is 2.56. The number of benzene rings is 2. The summed E-state index contributed by atoms with van der Waals surface area (Å²) in [6, 6.07) is 15.9. The molecule has 2 amide bonds. The van der Waals surface area contributed by atoms with Crippen LogP contribution < -0.4 is 5.32 Å². The second-order valence-electron chi connectivity index (χ2n) is 5.65. The van der Waals surface area contributed by atoms with Crippen LogP contribution in [0.5, 0.6) is 0 Å². The highest BCUT2D eigenvalue weighted by Crippen LogP contribution is 2.23. The molecular weight excluding hydrogens is 304 g/mol. The zero-order chi connectivity index (χ0) is 17.1. The van der Waals surface area contributed by atoms with Crippen LogP contribution in [0.25, 0.3) is 11.1 Å². The maximum atomic E-state index is 12.1. The highest BCUT2D eigenvalue weighted by molar-refractivity contribution is 6.17. The number of hydrogen-bond donors (Lipinski definition) is 2. The molecule has 1 aliphatic heterocycles.